The highest BCUT2D eigenvalue weighted by Gasteiger charge is 2.37. The zero-order chi connectivity index (χ0) is 42.3. The van der Waals surface area contributed by atoms with E-state index in [9.17, 15) is 40.7 Å². The second-order valence-electron chi connectivity index (χ2n) is 14.4. The summed E-state index contributed by atoms with van der Waals surface area (Å²) >= 11 is 1.59. The van der Waals surface area contributed by atoms with Crippen molar-refractivity contribution in [3.05, 3.63) is 82.6 Å². The minimum atomic E-state index is -4.89. The third kappa shape index (κ3) is 11.2. The average Bonchev–Trinajstić information content (AvgIpc) is 3.51. The number of halogens is 7. The van der Waals surface area contributed by atoms with Gasteiger partial charge in [0.1, 0.15) is 30.5 Å². The molecule has 316 valence electrons. The van der Waals surface area contributed by atoms with Gasteiger partial charge in [-0.15, -0.1) is 0 Å². The van der Waals surface area contributed by atoms with E-state index >= 15 is 4.39 Å². The molecule has 6 rings (SSSR count). The normalized spacial score (nSPS) is 18.1. The van der Waals surface area contributed by atoms with Crippen LogP contribution in [0, 0.1) is 5.82 Å². The molecule has 3 aliphatic heterocycles. The monoisotopic (exact) mass is 849 g/mol. The van der Waals surface area contributed by atoms with E-state index < -0.39 is 53.5 Å². The smallest absolute Gasteiger partial charge is 0.404 e. The molecule has 2 aromatic carbocycles. The minimum Gasteiger partial charge on any atom is -0.404 e. The number of carbonyl (C=O) groups excluding carboxylic acids is 3. The van der Waals surface area contributed by atoms with Crippen LogP contribution in [-0.2, 0) is 28.9 Å². The minimum absolute atomic E-state index is 0.117. The van der Waals surface area contributed by atoms with Crippen LogP contribution in [0.1, 0.15) is 58.4 Å². The fourth-order valence-electron chi connectivity index (χ4n) is 7.23. The molecule has 3 aliphatic rings. The highest BCUT2D eigenvalue weighted by atomic mass is 32.2. The van der Waals surface area contributed by atoms with Crippen LogP contribution in [-0.4, -0.2) is 113 Å². The van der Waals surface area contributed by atoms with Gasteiger partial charge in [-0.2, -0.15) is 26.3 Å². The van der Waals surface area contributed by atoms with Crippen molar-refractivity contribution < 1.29 is 45.1 Å². The Morgan fingerprint density at radius 1 is 1.03 bits per heavy atom. The average molecular weight is 850 g/mol. The number of alkyl halides is 6. The third-order valence-electron chi connectivity index (χ3n) is 10.2. The van der Waals surface area contributed by atoms with Crippen LogP contribution in [0.2, 0.25) is 0 Å². The van der Waals surface area contributed by atoms with E-state index in [0.717, 1.165) is 16.7 Å². The molecule has 59 heavy (non-hydrogen) atoms. The van der Waals surface area contributed by atoms with E-state index in [1.807, 2.05) is 23.1 Å². The Labute approximate surface area is 339 Å². The van der Waals surface area contributed by atoms with Crippen molar-refractivity contribution in [3.63, 3.8) is 0 Å². The van der Waals surface area contributed by atoms with E-state index in [-0.39, 0.29) is 36.9 Å². The highest BCUT2D eigenvalue weighted by molar-refractivity contribution is 7.97. The summed E-state index contributed by atoms with van der Waals surface area (Å²) in [5, 5.41) is 3.06. The largest absolute Gasteiger partial charge is 0.419 e. The number of piperazine rings is 1. The maximum Gasteiger partial charge on any atom is 0.419 e. The van der Waals surface area contributed by atoms with E-state index in [1.54, 1.807) is 18.0 Å². The lowest BCUT2D eigenvalue weighted by Crippen LogP contribution is -2.46. The summed E-state index contributed by atoms with van der Waals surface area (Å²) in [7, 11) is 0. The van der Waals surface area contributed by atoms with Gasteiger partial charge in [-0.25, -0.2) is 18.7 Å². The van der Waals surface area contributed by atoms with Crippen LogP contribution >= 0.6 is 11.9 Å². The van der Waals surface area contributed by atoms with Gasteiger partial charge in [-0.1, -0.05) is 12.1 Å². The molecule has 3 N–H and O–H groups in total. The van der Waals surface area contributed by atoms with E-state index in [2.05, 4.69) is 35.5 Å². The molecule has 1 unspecified atom stereocenters. The Morgan fingerprint density at radius 2 is 1.78 bits per heavy atom. The number of aldehydes is 2. The molecule has 1 atom stereocenters. The number of nitrogens with two attached hydrogens (primary N) is 1. The van der Waals surface area contributed by atoms with E-state index in [4.69, 9.17) is 5.73 Å². The molecule has 2 fully saturated rings. The molecular formula is C39H42F7N9O3S. The summed E-state index contributed by atoms with van der Waals surface area (Å²) in [6.07, 6.45) is -4.69. The number of amides is 1. The van der Waals surface area contributed by atoms with Crippen molar-refractivity contribution in [2.24, 2.45) is 10.7 Å². The zero-order valence-corrected chi connectivity index (χ0v) is 32.5. The van der Waals surface area contributed by atoms with Crippen molar-refractivity contribution >= 4 is 53.9 Å². The molecule has 0 aliphatic carbocycles. The number of rotatable bonds is 15. The number of benzene rings is 2. The van der Waals surface area contributed by atoms with Gasteiger partial charge in [-0.05, 0) is 66.6 Å². The molecule has 1 amide bonds. The standard InChI is InChI=1S/C39H42F7N9O3S/c40-33-17-31-26(22-55(36(31)58)29(23-57)4-2-14-56)16-34(33)53-12-10-52(11-13-53)21-25-3-1-5-30(15-25)59-54-8-6-28(7-9-54)50-37-49-20-32(39(44,45)46)35(51-37)27(18-47)19-48-24-38(41,42)43/h1,3,5,14-20,23,28-29H,2,4,6-13,21-22,24,47H2,(H,49,50,51)/b27-18+,48-19?. The lowest BCUT2D eigenvalue weighted by atomic mass is 10.1. The summed E-state index contributed by atoms with van der Waals surface area (Å²) in [6.45, 7) is 3.05. The van der Waals surface area contributed by atoms with Gasteiger partial charge in [0.15, 0.2) is 0 Å². The molecule has 12 nitrogen and oxygen atoms in total. The summed E-state index contributed by atoms with van der Waals surface area (Å²) in [5.74, 6) is -1.03. The molecule has 20 heteroatoms. The van der Waals surface area contributed by atoms with Crippen LogP contribution < -0.4 is 16.0 Å². The first kappa shape index (κ1) is 43.5. The Morgan fingerprint density at radius 3 is 2.44 bits per heavy atom. The summed E-state index contributed by atoms with van der Waals surface area (Å²) in [4.78, 5) is 53.1. The molecule has 3 aromatic rings. The first-order valence-corrected chi connectivity index (χ1v) is 19.6. The molecule has 2 saturated heterocycles. The van der Waals surface area contributed by atoms with E-state index in [1.165, 1.54) is 11.0 Å². The Balaban J connectivity index is 0.994. The first-order valence-electron chi connectivity index (χ1n) is 18.9. The predicted octanol–water partition coefficient (Wildman–Crippen LogP) is 5.98. The number of nitrogens with one attached hydrogen (secondary N) is 1. The maximum absolute atomic E-state index is 15.4. The lowest BCUT2D eigenvalue weighted by molar-refractivity contribution is -0.138. The third-order valence-corrected chi connectivity index (χ3v) is 11.3. The molecular weight excluding hydrogens is 808 g/mol. The molecule has 0 spiro atoms. The number of aromatic nitrogens is 2. The van der Waals surface area contributed by atoms with Crippen molar-refractivity contribution in [2.45, 2.75) is 68.1 Å². The fourth-order valence-corrected chi connectivity index (χ4v) is 8.26. The number of allylic oxidation sites excluding steroid dienone is 1. The van der Waals surface area contributed by atoms with Gasteiger partial charge < -0.3 is 30.4 Å². The summed E-state index contributed by atoms with van der Waals surface area (Å²) in [6, 6.07) is 10.2. The van der Waals surface area contributed by atoms with Crippen LogP contribution in [0.25, 0.3) is 5.57 Å². The number of fused-ring (bicyclic) bond motifs is 1. The van der Waals surface area contributed by atoms with Gasteiger partial charge in [-0.3, -0.25) is 14.7 Å². The second-order valence-corrected chi connectivity index (χ2v) is 15.5. The summed E-state index contributed by atoms with van der Waals surface area (Å²) in [5.41, 5.74) is 5.51. The second kappa shape index (κ2) is 18.9. The number of hydrogen-bond acceptors (Lipinski definition) is 12. The summed E-state index contributed by atoms with van der Waals surface area (Å²) < 4.78 is 96.6. The lowest BCUT2D eigenvalue weighted by Gasteiger charge is -2.36. The zero-order valence-electron chi connectivity index (χ0n) is 31.7. The van der Waals surface area contributed by atoms with Gasteiger partial charge >= 0.3 is 12.4 Å². The first-order chi connectivity index (χ1) is 28.1. The van der Waals surface area contributed by atoms with Crippen LogP contribution in [0.3, 0.4) is 0 Å². The quantitative estimate of drug-likeness (QED) is 0.0809. The van der Waals surface area contributed by atoms with Crippen LogP contribution in [0.4, 0.5) is 42.4 Å². The topological polar surface area (TPSA) is 140 Å². The van der Waals surface area contributed by atoms with Crippen LogP contribution in [0.15, 0.2) is 58.7 Å². The van der Waals surface area contributed by atoms with Gasteiger partial charge in [0.25, 0.3) is 5.91 Å². The van der Waals surface area contributed by atoms with Crippen LogP contribution in [0.5, 0.6) is 0 Å². The van der Waals surface area contributed by atoms with Gasteiger partial charge in [0.05, 0.1) is 17.4 Å². The highest BCUT2D eigenvalue weighted by Crippen LogP contribution is 2.35. The molecule has 1 aromatic heterocycles. The van der Waals surface area contributed by atoms with Crippen molar-refractivity contribution in [3.8, 4) is 0 Å². The predicted molar refractivity (Wildman–Crippen MR) is 208 cm³/mol. The Bertz CT molecular complexity index is 2050. The van der Waals surface area contributed by atoms with Gasteiger partial charge in [0, 0.05) is 99.5 Å². The number of nitrogens with zero attached hydrogens (tertiary/aromatic N) is 7. The van der Waals surface area contributed by atoms with Gasteiger partial charge in [0.2, 0.25) is 5.95 Å². The van der Waals surface area contributed by atoms with Crippen molar-refractivity contribution in [2.75, 3.05) is 56.0 Å². The maximum atomic E-state index is 15.4. The SMILES string of the molecule is N/C=C(\C=NCC(F)(F)F)c1nc(NC2CCN(Sc3cccc(CN4CCN(c5cc6c(cc5F)C(=O)N(C(C=O)CCC=O)C6)CC4)c3)CC2)ncc1C(F)(F)F. The van der Waals surface area contributed by atoms with Crippen molar-refractivity contribution in [1.82, 2.24) is 24.1 Å². The molecule has 0 radical (unpaired) electrons. The number of hydrogen-bond donors (Lipinski definition) is 2. The number of piperidine rings is 1. The number of aliphatic imine (C=N–C) groups is 1. The fraction of sp³-hybridized carbons (Fsp3) is 0.436. The Kier molecular flexibility index (Phi) is 13.9. The Hall–Kier alpha value is -5.08. The number of carbonyl (C=O) groups is 3. The molecule has 0 saturated carbocycles. The molecule has 0 bridgehead atoms. The van der Waals surface area contributed by atoms with E-state index in [0.29, 0.717) is 94.9 Å². The molecule has 4 heterocycles. The number of anilines is 2. The van der Waals surface area contributed by atoms with Crippen molar-refractivity contribution in [1.29, 1.82) is 0 Å².